The van der Waals surface area contributed by atoms with Gasteiger partial charge in [-0.1, -0.05) is 25.3 Å². The fourth-order valence-corrected chi connectivity index (χ4v) is 1.74. The van der Waals surface area contributed by atoms with Crippen LogP contribution in [-0.4, -0.2) is 23.7 Å². The maximum atomic E-state index is 11.7. The molecule has 1 atom stereocenters. The van der Waals surface area contributed by atoms with Gasteiger partial charge in [-0.15, -0.1) is 6.42 Å². The Hall–Kier alpha value is -2.48. The third-order valence-electron chi connectivity index (χ3n) is 2.78. The summed E-state index contributed by atoms with van der Waals surface area (Å²) in [6.07, 6.45) is 6.56. The Morgan fingerprint density at radius 1 is 1.45 bits per heavy atom. The number of aliphatic carboxylic acids is 1. The van der Waals surface area contributed by atoms with E-state index in [1.54, 1.807) is 24.3 Å². The number of carbonyl (C=O) groups excluding carboxylic acids is 1. The fraction of sp³-hybridized carbons (Fsp3) is 0.333. The number of benzene rings is 1. The number of urea groups is 1. The van der Waals surface area contributed by atoms with Crippen LogP contribution in [0.5, 0.6) is 0 Å². The molecule has 0 heterocycles. The van der Waals surface area contributed by atoms with Gasteiger partial charge in [0.25, 0.3) is 0 Å². The molecule has 0 saturated carbocycles. The monoisotopic (exact) mass is 274 g/mol. The van der Waals surface area contributed by atoms with E-state index in [0.717, 1.165) is 6.42 Å². The standard InChI is InChI=1S/C15H18N2O3/c1-3-6-12(14(18)19)10-16-15(20)17-13-8-5-7-11(4-2)9-13/h2,5,7-9,12H,3,6,10H2,1H3,(H,18,19)(H2,16,17,20). The van der Waals surface area contributed by atoms with Gasteiger partial charge < -0.3 is 15.7 Å². The summed E-state index contributed by atoms with van der Waals surface area (Å²) in [6.45, 7) is 2.01. The predicted molar refractivity (Wildman–Crippen MR) is 77.4 cm³/mol. The van der Waals surface area contributed by atoms with E-state index in [1.165, 1.54) is 0 Å². The molecular formula is C15H18N2O3. The normalized spacial score (nSPS) is 11.2. The van der Waals surface area contributed by atoms with Crippen LogP contribution in [-0.2, 0) is 4.79 Å². The van der Waals surface area contributed by atoms with Gasteiger partial charge >= 0.3 is 12.0 Å². The second kappa shape index (κ2) is 7.85. The molecule has 0 aromatic heterocycles. The molecule has 0 radical (unpaired) electrons. The summed E-state index contributed by atoms with van der Waals surface area (Å²) in [5, 5.41) is 14.1. The molecule has 1 unspecified atom stereocenters. The molecule has 0 aliphatic carbocycles. The summed E-state index contributed by atoms with van der Waals surface area (Å²) in [5.74, 6) is 1.00. The first kappa shape index (κ1) is 15.6. The number of amides is 2. The van der Waals surface area contributed by atoms with Gasteiger partial charge in [0, 0.05) is 17.8 Å². The van der Waals surface area contributed by atoms with Crippen molar-refractivity contribution in [1.82, 2.24) is 5.32 Å². The third-order valence-corrected chi connectivity index (χ3v) is 2.78. The lowest BCUT2D eigenvalue weighted by atomic mass is 10.0. The topological polar surface area (TPSA) is 78.4 Å². The first-order chi connectivity index (χ1) is 9.56. The van der Waals surface area contributed by atoms with Crippen molar-refractivity contribution in [2.45, 2.75) is 19.8 Å². The smallest absolute Gasteiger partial charge is 0.319 e. The zero-order valence-electron chi connectivity index (χ0n) is 11.3. The van der Waals surface area contributed by atoms with Crippen LogP contribution in [0.1, 0.15) is 25.3 Å². The van der Waals surface area contributed by atoms with E-state index in [9.17, 15) is 9.59 Å². The summed E-state index contributed by atoms with van der Waals surface area (Å²) in [4.78, 5) is 22.6. The minimum atomic E-state index is -0.901. The number of carboxylic acid groups (broad SMARTS) is 1. The van der Waals surface area contributed by atoms with Crippen LogP contribution in [0.4, 0.5) is 10.5 Å². The molecule has 1 rings (SSSR count). The fourth-order valence-electron chi connectivity index (χ4n) is 1.74. The number of hydrogen-bond acceptors (Lipinski definition) is 2. The van der Waals surface area contributed by atoms with Crippen molar-refractivity contribution in [2.75, 3.05) is 11.9 Å². The van der Waals surface area contributed by atoms with E-state index in [4.69, 9.17) is 11.5 Å². The molecule has 5 heteroatoms. The second-order valence-electron chi connectivity index (χ2n) is 4.38. The number of nitrogens with one attached hydrogen (secondary N) is 2. The molecule has 0 bridgehead atoms. The third kappa shape index (κ3) is 5.02. The maximum Gasteiger partial charge on any atom is 0.319 e. The first-order valence-corrected chi connectivity index (χ1v) is 6.41. The van der Waals surface area contributed by atoms with Crippen LogP contribution in [0.25, 0.3) is 0 Å². The number of carboxylic acids is 1. The SMILES string of the molecule is C#Cc1cccc(NC(=O)NCC(CCC)C(=O)O)c1. The molecule has 5 nitrogen and oxygen atoms in total. The number of carbonyl (C=O) groups is 2. The van der Waals surface area contributed by atoms with E-state index in [1.807, 2.05) is 6.92 Å². The molecule has 20 heavy (non-hydrogen) atoms. The van der Waals surface area contributed by atoms with Gasteiger partial charge in [-0.25, -0.2) is 4.79 Å². The number of terminal acetylenes is 1. The van der Waals surface area contributed by atoms with Gasteiger partial charge in [0.1, 0.15) is 0 Å². The Labute approximate surface area is 118 Å². The van der Waals surface area contributed by atoms with Crippen LogP contribution in [0.15, 0.2) is 24.3 Å². The zero-order valence-corrected chi connectivity index (χ0v) is 11.3. The van der Waals surface area contributed by atoms with Crippen molar-refractivity contribution >= 4 is 17.7 Å². The molecule has 0 fully saturated rings. The molecule has 1 aromatic rings. The molecule has 0 spiro atoms. The van der Waals surface area contributed by atoms with Gasteiger partial charge in [0.15, 0.2) is 0 Å². The van der Waals surface area contributed by atoms with Crippen molar-refractivity contribution in [1.29, 1.82) is 0 Å². The Morgan fingerprint density at radius 2 is 2.20 bits per heavy atom. The molecule has 106 valence electrons. The van der Waals surface area contributed by atoms with Crippen LogP contribution in [0, 0.1) is 18.3 Å². The lowest BCUT2D eigenvalue weighted by Crippen LogP contribution is -2.35. The van der Waals surface area contributed by atoms with Crippen LogP contribution >= 0.6 is 0 Å². The molecule has 0 aliphatic heterocycles. The van der Waals surface area contributed by atoms with Crippen molar-refractivity contribution in [3.05, 3.63) is 29.8 Å². The largest absolute Gasteiger partial charge is 0.481 e. The average Bonchev–Trinajstić information content (AvgIpc) is 2.43. The molecule has 1 aromatic carbocycles. The van der Waals surface area contributed by atoms with Gasteiger partial charge in [0.2, 0.25) is 0 Å². The Morgan fingerprint density at radius 3 is 2.80 bits per heavy atom. The summed E-state index contributed by atoms with van der Waals surface area (Å²) in [7, 11) is 0. The van der Waals surface area contributed by atoms with E-state index in [-0.39, 0.29) is 6.54 Å². The zero-order chi connectivity index (χ0) is 15.0. The van der Waals surface area contributed by atoms with E-state index >= 15 is 0 Å². The van der Waals surface area contributed by atoms with E-state index < -0.39 is 17.9 Å². The van der Waals surface area contributed by atoms with Crippen molar-refractivity contribution in [3.8, 4) is 12.3 Å². The van der Waals surface area contributed by atoms with Gasteiger partial charge in [-0.05, 0) is 24.6 Å². The molecule has 0 saturated heterocycles. The molecular weight excluding hydrogens is 256 g/mol. The molecule has 2 amide bonds. The van der Waals surface area contributed by atoms with Crippen molar-refractivity contribution < 1.29 is 14.7 Å². The Bertz CT molecular complexity index is 520. The van der Waals surface area contributed by atoms with E-state index in [0.29, 0.717) is 17.7 Å². The number of rotatable bonds is 6. The minimum absolute atomic E-state index is 0.101. The minimum Gasteiger partial charge on any atom is -0.481 e. The van der Waals surface area contributed by atoms with Gasteiger partial charge in [0.05, 0.1) is 5.92 Å². The van der Waals surface area contributed by atoms with Crippen LogP contribution < -0.4 is 10.6 Å². The average molecular weight is 274 g/mol. The lowest BCUT2D eigenvalue weighted by molar-refractivity contribution is -0.141. The van der Waals surface area contributed by atoms with E-state index in [2.05, 4.69) is 16.6 Å². The Balaban J connectivity index is 2.51. The van der Waals surface area contributed by atoms with Crippen LogP contribution in [0.2, 0.25) is 0 Å². The van der Waals surface area contributed by atoms with Gasteiger partial charge in [-0.3, -0.25) is 4.79 Å². The maximum absolute atomic E-state index is 11.7. The predicted octanol–water partition coefficient (Wildman–Crippen LogP) is 2.29. The lowest BCUT2D eigenvalue weighted by Gasteiger charge is -2.13. The number of anilines is 1. The number of hydrogen-bond donors (Lipinski definition) is 3. The second-order valence-corrected chi connectivity index (χ2v) is 4.38. The summed E-state index contributed by atoms with van der Waals surface area (Å²) in [5.41, 5.74) is 1.23. The van der Waals surface area contributed by atoms with Crippen LogP contribution in [0.3, 0.4) is 0 Å². The van der Waals surface area contributed by atoms with Gasteiger partial charge in [-0.2, -0.15) is 0 Å². The first-order valence-electron chi connectivity index (χ1n) is 6.41. The molecule has 0 aliphatic rings. The highest BCUT2D eigenvalue weighted by Crippen LogP contribution is 2.10. The van der Waals surface area contributed by atoms with Crippen molar-refractivity contribution in [2.24, 2.45) is 5.92 Å². The quantitative estimate of drug-likeness (QED) is 0.696. The highest BCUT2D eigenvalue weighted by Gasteiger charge is 2.17. The summed E-state index contributed by atoms with van der Waals surface area (Å²) in [6, 6.07) is 6.43. The summed E-state index contributed by atoms with van der Waals surface area (Å²) >= 11 is 0. The highest BCUT2D eigenvalue weighted by atomic mass is 16.4. The molecule has 3 N–H and O–H groups in total. The van der Waals surface area contributed by atoms with Crippen molar-refractivity contribution in [3.63, 3.8) is 0 Å². The Kier molecular flexibility index (Phi) is 6.11. The highest BCUT2D eigenvalue weighted by molar-refractivity contribution is 5.89. The summed E-state index contributed by atoms with van der Waals surface area (Å²) < 4.78 is 0.